The molecule has 0 aromatic heterocycles. The molecule has 2 saturated heterocycles. The zero-order chi connectivity index (χ0) is 16.2. The Kier molecular flexibility index (Phi) is 5.18. The van der Waals surface area contributed by atoms with Crippen LogP contribution >= 0.6 is 0 Å². The molecule has 2 aliphatic rings. The van der Waals surface area contributed by atoms with E-state index in [-0.39, 0.29) is 18.1 Å². The van der Waals surface area contributed by atoms with Gasteiger partial charge in [0.1, 0.15) is 17.9 Å². The minimum absolute atomic E-state index is 0.161. The average molecular weight is 318 g/mol. The highest BCUT2D eigenvalue weighted by molar-refractivity contribution is 5.82. The van der Waals surface area contributed by atoms with Crippen molar-refractivity contribution in [2.75, 3.05) is 32.8 Å². The molecule has 2 fully saturated rings. The summed E-state index contributed by atoms with van der Waals surface area (Å²) in [5, 5.41) is 3.23. The van der Waals surface area contributed by atoms with Crippen molar-refractivity contribution in [2.24, 2.45) is 0 Å². The maximum Gasteiger partial charge on any atom is 0.242 e. The molecule has 1 N–H and O–H groups in total. The first-order valence-corrected chi connectivity index (χ1v) is 8.47. The fourth-order valence-corrected chi connectivity index (χ4v) is 3.12. The zero-order valence-electron chi connectivity index (χ0n) is 14.0. The number of benzene rings is 1. The Bertz CT molecular complexity index is 547. The number of hydrogen-bond donors (Lipinski definition) is 1. The van der Waals surface area contributed by atoms with Crippen molar-refractivity contribution in [2.45, 2.75) is 38.8 Å². The summed E-state index contributed by atoms with van der Waals surface area (Å²) in [4.78, 5) is 14.4. The van der Waals surface area contributed by atoms with E-state index < -0.39 is 0 Å². The van der Waals surface area contributed by atoms with Gasteiger partial charge in [0.05, 0.1) is 13.2 Å². The van der Waals surface area contributed by atoms with Gasteiger partial charge in [0.2, 0.25) is 5.91 Å². The number of amides is 1. The summed E-state index contributed by atoms with van der Waals surface area (Å²) >= 11 is 0. The van der Waals surface area contributed by atoms with E-state index in [0.717, 1.165) is 38.2 Å². The van der Waals surface area contributed by atoms with Gasteiger partial charge < -0.3 is 19.7 Å². The molecule has 5 heteroatoms. The van der Waals surface area contributed by atoms with Crippen LogP contribution in [0.5, 0.6) is 5.75 Å². The molecule has 1 aromatic rings. The molecule has 2 aliphatic heterocycles. The SMILES string of the molecule is Cc1ccc(OC2CCN(C(=O)C3COCCN3)CC2)cc1C. The van der Waals surface area contributed by atoms with E-state index in [1.165, 1.54) is 11.1 Å². The minimum Gasteiger partial charge on any atom is -0.490 e. The molecule has 1 amide bonds. The molecule has 0 aliphatic carbocycles. The Labute approximate surface area is 137 Å². The topological polar surface area (TPSA) is 50.8 Å². The Morgan fingerprint density at radius 1 is 1.26 bits per heavy atom. The van der Waals surface area contributed by atoms with Crippen molar-refractivity contribution in [1.82, 2.24) is 10.2 Å². The van der Waals surface area contributed by atoms with E-state index in [1.807, 2.05) is 11.0 Å². The lowest BCUT2D eigenvalue weighted by molar-refractivity contribution is -0.138. The number of nitrogens with zero attached hydrogens (tertiary/aromatic N) is 1. The summed E-state index contributed by atoms with van der Waals surface area (Å²) in [6, 6.07) is 6.04. The van der Waals surface area contributed by atoms with Crippen LogP contribution in [0, 0.1) is 13.8 Å². The van der Waals surface area contributed by atoms with E-state index in [4.69, 9.17) is 9.47 Å². The van der Waals surface area contributed by atoms with Gasteiger partial charge in [0.25, 0.3) is 0 Å². The largest absolute Gasteiger partial charge is 0.490 e. The maximum atomic E-state index is 12.4. The molecule has 1 atom stereocenters. The molecule has 1 unspecified atom stereocenters. The lowest BCUT2D eigenvalue weighted by Gasteiger charge is -2.35. The van der Waals surface area contributed by atoms with E-state index in [0.29, 0.717) is 13.2 Å². The lowest BCUT2D eigenvalue weighted by Crippen LogP contribution is -2.54. The average Bonchev–Trinajstić information content (AvgIpc) is 2.59. The van der Waals surface area contributed by atoms with Crippen LogP contribution in [0.3, 0.4) is 0 Å². The van der Waals surface area contributed by atoms with Crippen LogP contribution in [0.4, 0.5) is 0 Å². The van der Waals surface area contributed by atoms with E-state index in [9.17, 15) is 4.79 Å². The first-order valence-electron chi connectivity index (χ1n) is 8.47. The van der Waals surface area contributed by atoms with Crippen LogP contribution in [0.15, 0.2) is 18.2 Å². The second kappa shape index (κ2) is 7.32. The summed E-state index contributed by atoms with van der Waals surface area (Å²) in [5.41, 5.74) is 2.53. The summed E-state index contributed by atoms with van der Waals surface area (Å²) in [7, 11) is 0. The summed E-state index contributed by atoms with van der Waals surface area (Å²) in [5.74, 6) is 1.09. The number of morpholine rings is 1. The van der Waals surface area contributed by atoms with Crippen molar-refractivity contribution < 1.29 is 14.3 Å². The number of nitrogens with one attached hydrogen (secondary N) is 1. The second-order valence-electron chi connectivity index (χ2n) is 6.47. The number of carbonyl (C=O) groups is 1. The molecule has 0 bridgehead atoms. The van der Waals surface area contributed by atoms with Crippen molar-refractivity contribution in [3.8, 4) is 5.75 Å². The highest BCUT2D eigenvalue weighted by Gasteiger charge is 2.30. The van der Waals surface area contributed by atoms with Crippen LogP contribution < -0.4 is 10.1 Å². The van der Waals surface area contributed by atoms with Crippen LogP contribution in [0.1, 0.15) is 24.0 Å². The molecular weight excluding hydrogens is 292 g/mol. The Hall–Kier alpha value is -1.59. The zero-order valence-corrected chi connectivity index (χ0v) is 14.0. The molecule has 2 heterocycles. The normalized spacial score (nSPS) is 22.9. The van der Waals surface area contributed by atoms with Crippen molar-refractivity contribution in [3.63, 3.8) is 0 Å². The van der Waals surface area contributed by atoms with Crippen molar-refractivity contribution >= 4 is 5.91 Å². The summed E-state index contributed by atoms with van der Waals surface area (Å²) in [6.45, 7) is 7.64. The number of likely N-dealkylation sites (tertiary alicyclic amines) is 1. The highest BCUT2D eigenvalue weighted by atomic mass is 16.5. The van der Waals surface area contributed by atoms with Gasteiger partial charge in [-0.15, -0.1) is 0 Å². The van der Waals surface area contributed by atoms with Gasteiger partial charge in [-0.05, 0) is 37.1 Å². The summed E-state index contributed by atoms with van der Waals surface area (Å²) in [6.07, 6.45) is 1.95. The standard InChI is InChI=1S/C18H26N2O3/c1-13-3-4-16(11-14(13)2)23-15-5-8-20(9-6-15)18(21)17-12-22-10-7-19-17/h3-4,11,15,17,19H,5-10,12H2,1-2H3. The number of ether oxygens (including phenoxy) is 2. The van der Waals surface area contributed by atoms with Crippen LogP contribution in [-0.2, 0) is 9.53 Å². The lowest BCUT2D eigenvalue weighted by atomic mass is 10.1. The maximum absolute atomic E-state index is 12.4. The van der Waals surface area contributed by atoms with Gasteiger partial charge in [-0.1, -0.05) is 6.07 Å². The smallest absolute Gasteiger partial charge is 0.242 e. The minimum atomic E-state index is -0.180. The molecule has 1 aromatic carbocycles. The van der Waals surface area contributed by atoms with Gasteiger partial charge >= 0.3 is 0 Å². The third-order valence-corrected chi connectivity index (χ3v) is 4.75. The van der Waals surface area contributed by atoms with Crippen molar-refractivity contribution in [3.05, 3.63) is 29.3 Å². The number of piperidine rings is 1. The number of rotatable bonds is 3. The fraction of sp³-hybridized carbons (Fsp3) is 0.611. The Balaban J connectivity index is 1.49. The second-order valence-corrected chi connectivity index (χ2v) is 6.47. The molecule has 3 rings (SSSR count). The van der Waals surface area contributed by atoms with E-state index >= 15 is 0 Å². The Morgan fingerprint density at radius 3 is 2.70 bits per heavy atom. The van der Waals surface area contributed by atoms with Gasteiger partial charge in [-0.3, -0.25) is 4.79 Å². The van der Waals surface area contributed by atoms with Gasteiger partial charge in [0.15, 0.2) is 0 Å². The number of hydrogen-bond acceptors (Lipinski definition) is 4. The first kappa shape index (κ1) is 16.3. The van der Waals surface area contributed by atoms with E-state index in [2.05, 4.69) is 31.3 Å². The fourth-order valence-electron chi connectivity index (χ4n) is 3.12. The van der Waals surface area contributed by atoms with Crippen LogP contribution in [0.2, 0.25) is 0 Å². The van der Waals surface area contributed by atoms with Gasteiger partial charge in [-0.2, -0.15) is 0 Å². The van der Waals surface area contributed by atoms with E-state index in [1.54, 1.807) is 0 Å². The molecule has 0 saturated carbocycles. The van der Waals surface area contributed by atoms with Crippen molar-refractivity contribution in [1.29, 1.82) is 0 Å². The molecule has 0 spiro atoms. The van der Waals surface area contributed by atoms with Crippen LogP contribution in [0.25, 0.3) is 0 Å². The quantitative estimate of drug-likeness (QED) is 0.921. The third-order valence-electron chi connectivity index (χ3n) is 4.75. The summed E-state index contributed by atoms with van der Waals surface area (Å²) < 4.78 is 11.5. The highest BCUT2D eigenvalue weighted by Crippen LogP contribution is 2.22. The molecule has 0 radical (unpaired) electrons. The molecule has 126 valence electrons. The predicted molar refractivity (Wildman–Crippen MR) is 88.8 cm³/mol. The first-order chi connectivity index (χ1) is 11.1. The van der Waals surface area contributed by atoms with Crippen LogP contribution in [-0.4, -0.2) is 55.8 Å². The number of carbonyl (C=O) groups excluding carboxylic acids is 1. The van der Waals surface area contributed by atoms with Gasteiger partial charge in [0, 0.05) is 32.5 Å². The molecule has 23 heavy (non-hydrogen) atoms. The third kappa shape index (κ3) is 4.03. The monoisotopic (exact) mass is 318 g/mol. The van der Waals surface area contributed by atoms with Gasteiger partial charge in [-0.25, -0.2) is 0 Å². The number of aryl methyl sites for hydroxylation is 2. The molecule has 5 nitrogen and oxygen atoms in total. The molecular formula is C18H26N2O3. The Morgan fingerprint density at radius 2 is 2.04 bits per heavy atom. The predicted octanol–water partition coefficient (Wildman–Crippen LogP) is 1.66.